The molecule has 3 aliphatic heterocycles. The van der Waals surface area contributed by atoms with Crippen molar-refractivity contribution in [1.82, 2.24) is 9.21 Å². The highest BCUT2D eigenvalue weighted by Gasteiger charge is 2.37. The lowest BCUT2D eigenvalue weighted by Crippen LogP contribution is -2.48. The van der Waals surface area contributed by atoms with Gasteiger partial charge in [0.15, 0.2) is 6.61 Å². The number of anilines is 1. The Kier molecular flexibility index (Phi) is 7.13. The van der Waals surface area contributed by atoms with Gasteiger partial charge in [-0.3, -0.25) is 14.4 Å². The molecule has 0 unspecified atom stereocenters. The van der Waals surface area contributed by atoms with E-state index < -0.39 is 10.0 Å². The number of carbonyl (C=O) groups excluding carboxylic acids is 3. The van der Waals surface area contributed by atoms with Crippen LogP contribution in [-0.4, -0.2) is 74.8 Å². The molecule has 11 heteroatoms. The van der Waals surface area contributed by atoms with Gasteiger partial charge in [0.1, 0.15) is 5.75 Å². The minimum atomic E-state index is -3.79. The van der Waals surface area contributed by atoms with E-state index in [0.717, 1.165) is 6.42 Å². The second-order valence-electron chi connectivity index (χ2n) is 9.00. The van der Waals surface area contributed by atoms with Crippen molar-refractivity contribution < 1.29 is 32.3 Å². The van der Waals surface area contributed by atoms with Gasteiger partial charge in [-0.25, -0.2) is 8.42 Å². The van der Waals surface area contributed by atoms with Crippen molar-refractivity contribution >= 4 is 33.5 Å². The van der Waals surface area contributed by atoms with Gasteiger partial charge in [-0.2, -0.15) is 4.31 Å². The predicted octanol–water partition coefficient (Wildman–Crippen LogP) is 1.53. The van der Waals surface area contributed by atoms with Crippen molar-refractivity contribution in [3.05, 3.63) is 17.7 Å². The van der Waals surface area contributed by atoms with Gasteiger partial charge < -0.3 is 19.7 Å². The summed E-state index contributed by atoms with van der Waals surface area (Å²) in [5.74, 6) is -0.788. The third-order valence-corrected chi connectivity index (χ3v) is 8.72. The van der Waals surface area contributed by atoms with Crippen molar-refractivity contribution in [3.63, 3.8) is 0 Å². The maximum absolute atomic E-state index is 13.4. The molecule has 0 spiro atoms. The monoisotopic (exact) mass is 493 g/mol. The molecule has 0 aromatic heterocycles. The van der Waals surface area contributed by atoms with Crippen LogP contribution >= 0.6 is 0 Å². The molecule has 2 fully saturated rings. The Balaban J connectivity index is 1.40. The van der Waals surface area contributed by atoms with Crippen LogP contribution in [0.3, 0.4) is 0 Å². The lowest BCUT2D eigenvalue weighted by atomic mass is 9.93. The molecular formula is C23H31N3O7S. The Morgan fingerprint density at radius 2 is 1.88 bits per heavy atom. The molecular weight excluding hydrogens is 462 g/mol. The second kappa shape index (κ2) is 9.91. The molecule has 1 aromatic rings. The number of ether oxygens (including phenoxy) is 2. The molecule has 3 heterocycles. The summed E-state index contributed by atoms with van der Waals surface area (Å²) < 4.78 is 38.6. The molecule has 4 rings (SSSR count). The van der Waals surface area contributed by atoms with Crippen molar-refractivity contribution in [2.45, 2.75) is 44.4 Å². The highest BCUT2D eigenvalue weighted by atomic mass is 32.2. The largest absolute Gasteiger partial charge is 0.482 e. The van der Waals surface area contributed by atoms with E-state index in [2.05, 4.69) is 5.32 Å². The number of fused-ring (bicyclic) bond motifs is 1. The van der Waals surface area contributed by atoms with E-state index in [0.29, 0.717) is 56.0 Å². The first-order valence-corrected chi connectivity index (χ1v) is 13.2. The average Bonchev–Trinajstić information content (AvgIpc) is 2.83. The average molecular weight is 494 g/mol. The standard InChI is InChI=1S/C23H31N3O7S/c1-3-32-23(29)17-5-4-8-25(13-17)22(28)16-6-9-26(10-7-16)34(30,31)20-12-19-18(11-15(20)2)24-21(27)14-33-19/h11-12,16-17H,3-10,13-14H2,1-2H3,(H,24,27)/t17-/m0/s1. The maximum atomic E-state index is 13.4. The molecule has 186 valence electrons. The number of esters is 1. The third-order valence-electron chi connectivity index (χ3n) is 6.68. The van der Waals surface area contributed by atoms with E-state index in [-0.39, 0.29) is 54.2 Å². The summed E-state index contributed by atoms with van der Waals surface area (Å²) in [5.41, 5.74) is 0.973. The van der Waals surface area contributed by atoms with Gasteiger partial charge in [-0.15, -0.1) is 0 Å². The van der Waals surface area contributed by atoms with Crippen LogP contribution in [-0.2, 0) is 29.1 Å². The number of rotatable bonds is 5. The molecule has 0 aliphatic carbocycles. The van der Waals surface area contributed by atoms with E-state index in [9.17, 15) is 22.8 Å². The van der Waals surface area contributed by atoms with Crippen LogP contribution in [0.15, 0.2) is 17.0 Å². The van der Waals surface area contributed by atoms with Gasteiger partial charge in [0.2, 0.25) is 15.9 Å². The van der Waals surface area contributed by atoms with E-state index in [4.69, 9.17) is 9.47 Å². The number of benzene rings is 1. The number of nitrogens with zero attached hydrogens (tertiary/aromatic N) is 2. The fourth-order valence-corrected chi connectivity index (χ4v) is 6.56. The quantitative estimate of drug-likeness (QED) is 0.617. The van der Waals surface area contributed by atoms with Crippen LogP contribution in [0.4, 0.5) is 5.69 Å². The Labute approximate surface area is 199 Å². The fraction of sp³-hybridized carbons (Fsp3) is 0.609. The Bertz CT molecular complexity index is 1080. The molecule has 0 radical (unpaired) electrons. The predicted molar refractivity (Wildman–Crippen MR) is 123 cm³/mol. The molecule has 1 aromatic carbocycles. The Morgan fingerprint density at radius 3 is 2.59 bits per heavy atom. The van der Waals surface area contributed by atoms with Crippen LogP contribution in [0, 0.1) is 18.8 Å². The maximum Gasteiger partial charge on any atom is 0.310 e. The van der Waals surface area contributed by atoms with Gasteiger partial charge in [0.05, 0.1) is 23.1 Å². The summed E-state index contributed by atoms with van der Waals surface area (Å²) in [5, 5.41) is 2.68. The zero-order valence-corrected chi connectivity index (χ0v) is 20.4. The number of aryl methyl sites for hydroxylation is 1. The highest BCUT2D eigenvalue weighted by molar-refractivity contribution is 7.89. The summed E-state index contributed by atoms with van der Waals surface area (Å²) >= 11 is 0. The lowest BCUT2D eigenvalue weighted by Gasteiger charge is -2.37. The number of nitrogens with one attached hydrogen (secondary N) is 1. The van der Waals surface area contributed by atoms with Gasteiger partial charge in [0, 0.05) is 38.2 Å². The van der Waals surface area contributed by atoms with Gasteiger partial charge in [-0.05, 0) is 51.2 Å². The van der Waals surface area contributed by atoms with Crippen molar-refractivity contribution in [2.24, 2.45) is 11.8 Å². The van der Waals surface area contributed by atoms with E-state index in [1.165, 1.54) is 10.4 Å². The topological polar surface area (TPSA) is 122 Å². The van der Waals surface area contributed by atoms with Gasteiger partial charge in [-0.1, -0.05) is 0 Å². The third kappa shape index (κ3) is 4.90. The summed E-state index contributed by atoms with van der Waals surface area (Å²) in [7, 11) is -3.79. The molecule has 1 atom stereocenters. The summed E-state index contributed by atoms with van der Waals surface area (Å²) in [6.45, 7) is 5.06. The van der Waals surface area contributed by atoms with Crippen LogP contribution in [0.25, 0.3) is 0 Å². The molecule has 3 aliphatic rings. The SMILES string of the molecule is CCOC(=O)[C@H]1CCCN(C(=O)C2CCN(S(=O)(=O)c3cc4c(cc3C)NC(=O)CO4)CC2)C1. The van der Waals surface area contributed by atoms with E-state index >= 15 is 0 Å². The molecule has 0 saturated carbocycles. The molecule has 2 amide bonds. The summed E-state index contributed by atoms with van der Waals surface area (Å²) in [6, 6.07) is 3.06. The summed E-state index contributed by atoms with van der Waals surface area (Å²) in [6.07, 6.45) is 2.32. The van der Waals surface area contributed by atoms with Gasteiger partial charge in [0.25, 0.3) is 5.91 Å². The van der Waals surface area contributed by atoms with Crippen LogP contribution in [0.5, 0.6) is 5.75 Å². The van der Waals surface area contributed by atoms with Crippen molar-refractivity contribution in [3.8, 4) is 5.75 Å². The lowest BCUT2D eigenvalue weighted by molar-refractivity contribution is -0.152. The number of sulfonamides is 1. The first kappa shape index (κ1) is 24.5. The Hall–Kier alpha value is -2.66. The fourth-order valence-electron chi connectivity index (χ4n) is 4.86. The zero-order chi connectivity index (χ0) is 24.5. The first-order chi connectivity index (χ1) is 16.2. The van der Waals surface area contributed by atoms with Crippen molar-refractivity contribution in [1.29, 1.82) is 0 Å². The van der Waals surface area contributed by atoms with Crippen molar-refractivity contribution in [2.75, 3.05) is 44.7 Å². The number of hydrogen-bond donors (Lipinski definition) is 1. The second-order valence-corrected chi connectivity index (χ2v) is 10.9. The summed E-state index contributed by atoms with van der Waals surface area (Å²) in [4.78, 5) is 38.6. The highest BCUT2D eigenvalue weighted by Crippen LogP contribution is 2.35. The normalized spacial score (nSPS) is 21.9. The number of amides is 2. The molecule has 1 N–H and O–H groups in total. The number of hydrogen-bond acceptors (Lipinski definition) is 7. The van der Waals surface area contributed by atoms with Crippen LogP contribution < -0.4 is 10.1 Å². The first-order valence-electron chi connectivity index (χ1n) is 11.7. The van der Waals surface area contributed by atoms with Gasteiger partial charge >= 0.3 is 5.97 Å². The van der Waals surface area contributed by atoms with Crippen LogP contribution in [0.2, 0.25) is 0 Å². The molecule has 0 bridgehead atoms. The van der Waals surface area contributed by atoms with E-state index in [1.54, 1.807) is 24.8 Å². The zero-order valence-electron chi connectivity index (χ0n) is 19.5. The van der Waals surface area contributed by atoms with Crippen LogP contribution in [0.1, 0.15) is 38.2 Å². The number of carbonyl (C=O) groups is 3. The molecule has 2 saturated heterocycles. The number of piperidine rings is 2. The number of likely N-dealkylation sites (tertiary alicyclic amines) is 1. The smallest absolute Gasteiger partial charge is 0.310 e. The minimum absolute atomic E-state index is 0.0138. The molecule has 10 nitrogen and oxygen atoms in total. The van der Waals surface area contributed by atoms with E-state index in [1.807, 2.05) is 0 Å². The molecule has 34 heavy (non-hydrogen) atoms. The Morgan fingerprint density at radius 1 is 1.15 bits per heavy atom. The minimum Gasteiger partial charge on any atom is -0.482 e.